The van der Waals surface area contributed by atoms with Crippen LogP contribution in [0.5, 0.6) is 5.75 Å². The summed E-state index contributed by atoms with van der Waals surface area (Å²) in [6.07, 6.45) is 1.99. The molecule has 166 valence electrons. The van der Waals surface area contributed by atoms with Crippen LogP contribution in [0.3, 0.4) is 0 Å². The lowest BCUT2D eigenvalue weighted by molar-refractivity contribution is -0.114. The average Bonchev–Trinajstić information content (AvgIpc) is 2.83. The maximum Gasteiger partial charge on any atom is 0.251 e. The van der Waals surface area contributed by atoms with E-state index in [9.17, 15) is 9.59 Å². The lowest BCUT2D eigenvalue weighted by Gasteiger charge is -2.11. The molecule has 0 aliphatic heterocycles. The van der Waals surface area contributed by atoms with E-state index < -0.39 is 0 Å². The van der Waals surface area contributed by atoms with E-state index in [1.54, 1.807) is 24.3 Å². The van der Waals surface area contributed by atoms with Crippen LogP contribution in [-0.2, 0) is 11.4 Å². The summed E-state index contributed by atoms with van der Waals surface area (Å²) in [4.78, 5) is 24.3. The summed E-state index contributed by atoms with van der Waals surface area (Å²) < 4.78 is 5.82. The van der Waals surface area contributed by atoms with Crippen LogP contribution in [0, 0.1) is 0 Å². The molecule has 3 rings (SSSR count). The number of benzene rings is 3. The largest absolute Gasteiger partial charge is 0.489 e. The van der Waals surface area contributed by atoms with Crippen LogP contribution in [0.4, 0.5) is 11.4 Å². The smallest absolute Gasteiger partial charge is 0.251 e. The lowest BCUT2D eigenvalue weighted by Crippen LogP contribution is -2.24. The van der Waals surface area contributed by atoms with Gasteiger partial charge >= 0.3 is 0 Å². The predicted molar refractivity (Wildman–Crippen MR) is 128 cm³/mol. The van der Waals surface area contributed by atoms with Gasteiger partial charge in [-0.25, -0.2) is 0 Å². The molecule has 0 aliphatic carbocycles. The number of rotatable bonds is 11. The van der Waals surface area contributed by atoms with Gasteiger partial charge in [-0.2, -0.15) is 0 Å². The molecular weight excluding hydrogens is 402 g/mol. The summed E-state index contributed by atoms with van der Waals surface area (Å²) in [6, 6.07) is 24.3. The summed E-state index contributed by atoms with van der Waals surface area (Å²) in [7, 11) is 0. The van der Waals surface area contributed by atoms with E-state index in [0.717, 1.165) is 29.8 Å². The Labute approximate surface area is 189 Å². The number of ether oxygens (including phenoxy) is 1. The van der Waals surface area contributed by atoms with E-state index >= 15 is 0 Å². The Morgan fingerprint density at radius 2 is 1.66 bits per heavy atom. The molecule has 3 aromatic carbocycles. The lowest BCUT2D eigenvalue weighted by atomic mass is 10.2. The summed E-state index contributed by atoms with van der Waals surface area (Å²) in [6.45, 7) is 3.34. The molecule has 0 bridgehead atoms. The molecule has 0 saturated carbocycles. The molecule has 0 saturated heterocycles. The summed E-state index contributed by atoms with van der Waals surface area (Å²) in [5.74, 6) is 0.445. The van der Waals surface area contributed by atoms with Crippen molar-refractivity contribution < 1.29 is 14.3 Å². The zero-order chi connectivity index (χ0) is 22.6. The molecule has 0 aliphatic rings. The van der Waals surface area contributed by atoms with E-state index in [2.05, 4.69) is 22.9 Å². The van der Waals surface area contributed by atoms with Gasteiger partial charge in [-0.1, -0.05) is 49.7 Å². The van der Waals surface area contributed by atoms with Gasteiger partial charge < -0.3 is 20.7 Å². The number of carbonyl (C=O) groups excluding carboxylic acids is 2. The molecule has 3 N–H and O–H groups in total. The van der Waals surface area contributed by atoms with Crippen LogP contribution in [0.25, 0.3) is 0 Å². The van der Waals surface area contributed by atoms with Crippen molar-refractivity contribution in [2.24, 2.45) is 0 Å². The number of hydrogen-bond donors (Lipinski definition) is 3. The van der Waals surface area contributed by atoms with E-state index in [4.69, 9.17) is 4.74 Å². The molecule has 3 aromatic rings. The Morgan fingerprint density at radius 1 is 0.875 bits per heavy atom. The van der Waals surface area contributed by atoms with Crippen LogP contribution >= 0.6 is 0 Å². The zero-order valence-corrected chi connectivity index (χ0v) is 18.3. The molecular formula is C26H29N3O3. The number of amides is 2. The highest BCUT2D eigenvalue weighted by Gasteiger charge is 2.07. The van der Waals surface area contributed by atoms with E-state index in [1.807, 2.05) is 54.6 Å². The molecule has 0 heterocycles. The van der Waals surface area contributed by atoms with Crippen molar-refractivity contribution in [1.82, 2.24) is 5.32 Å². The number of nitrogens with one attached hydrogen (secondary N) is 3. The Bertz CT molecular complexity index is 1000. The third-order valence-electron chi connectivity index (χ3n) is 4.78. The van der Waals surface area contributed by atoms with Gasteiger partial charge in [0.05, 0.1) is 6.54 Å². The standard InChI is InChI=1S/C26H29N3O3/c1-2-3-16-27-26(31)21-12-14-22(15-13-21)29-25(30)18-28-23-10-7-11-24(17-23)32-19-20-8-5-4-6-9-20/h4-15,17,28H,2-3,16,18-19H2,1H3,(H,27,31)(H,29,30). The molecule has 0 atom stereocenters. The number of hydrogen-bond acceptors (Lipinski definition) is 4. The third-order valence-corrected chi connectivity index (χ3v) is 4.78. The minimum atomic E-state index is -0.180. The van der Waals surface area contributed by atoms with Gasteiger partial charge in [-0.15, -0.1) is 0 Å². The van der Waals surface area contributed by atoms with Crippen LogP contribution in [0.2, 0.25) is 0 Å². The fourth-order valence-corrected chi connectivity index (χ4v) is 3.01. The van der Waals surface area contributed by atoms with Gasteiger partial charge in [0.25, 0.3) is 5.91 Å². The Balaban J connectivity index is 1.45. The Kier molecular flexibility index (Phi) is 8.69. The van der Waals surface area contributed by atoms with Gasteiger partial charge in [-0.3, -0.25) is 9.59 Å². The van der Waals surface area contributed by atoms with Gasteiger partial charge in [0.1, 0.15) is 12.4 Å². The summed E-state index contributed by atoms with van der Waals surface area (Å²) >= 11 is 0. The first-order valence-electron chi connectivity index (χ1n) is 10.8. The van der Waals surface area contributed by atoms with Crippen molar-refractivity contribution in [2.75, 3.05) is 23.7 Å². The quantitative estimate of drug-likeness (QED) is 0.379. The minimum Gasteiger partial charge on any atom is -0.489 e. The van der Waals surface area contributed by atoms with Gasteiger partial charge in [-0.05, 0) is 48.4 Å². The van der Waals surface area contributed by atoms with Crippen LogP contribution in [0.1, 0.15) is 35.7 Å². The Morgan fingerprint density at radius 3 is 2.41 bits per heavy atom. The summed E-state index contributed by atoms with van der Waals surface area (Å²) in [5, 5.41) is 8.81. The highest BCUT2D eigenvalue weighted by molar-refractivity contribution is 5.96. The van der Waals surface area contributed by atoms with Crippen LogP contribution in [0.15, 0.2) is 78.9 Å². The summed E-state index contributed by atoms with van der Waals surface area (Å²) in [5.41, 5.74) is 3.10. The second kappa shape index (κ2) is 12.2. The maximum absolute atomic E-state index is 12.3. The molecule has 0 radical (unpaired) electrons. The molecule has 32 heavy (non-hydrogen) atoms. The molecule has 6 heteroatoms. The topological polar surface area (TPSA) is 79.5 Å². The van der Waals surface area contributed by atoms with Crippen LogP contribution in [-0.4, -0.2) is 24.9 Å². The van der Waals surface area contributed by atoms with Crippen molar-refractivity contribution in [3.8, 4) is 5.75 Å². The van der Waals surface area contributed by atoms with E-state index in [1.165, 1.54) is 0 Å². The SMILES string of the molecule is CCCCNC(=O)c1ccc(NC(=O)CNc2cccc(OCc3ccccc3)c2)cc1. The van der Waals surface area contributed by atoms with Crippen molar-refractivity contribution in [3.05, 3.63) is 90.0 Å². The minimum absolute atomic E-state index is 0.104. The van der Waals surface area contributed by atoms with E-state index in [0.29, 0.717) is 24.4 Å². The van der Waals surface area contributed by atoms with Crippen molar-refractivity contribution in [3.63, 3.8) is 0 Å². The number of carbonyl (C=O) groups is 2. The first-order valence-corrected chi connectivity index (χ1v) is 10.8. The second-order valence-corrected chi connectivity index (χ2v) is 7.39. The van der Waals surface area contributed by atoms with Crippen molar-refractivity contribution >= 4 is 23.2 Å². The number of anilines is 2. The highest BCUT2D eigenvalue weighted by Crippen LogP contribution is 2.18. The monoisotopic (exact) mass is 431 g/mol. The molecule has 0 unspecified atom stereocenters. The fraction of sp³-hybridized carbons (Fsp3) is 0.231. The highest BCUT2D eigenvalue weighted by atomic mass is 16.5. The van der Waals surface area contributed by atoms with Gasteiger partial charge in [0.15, 0.2) is 0 Å². The molecule has 6 nitrogen and oxygen atoms in total. The predicted octanol–water partition coefficient (Wildman–Crippen LogP) is 4.85. The average molecular weight is 432 g/mol. The first-order chi connectivity index (χ1) is 15.6. The fourth-order valence-electron chi connectivity index (χ4n) is 3.01. The van der Waals surface area contributed by atoms with Gasteiger partial charge in [0, 0.05) is 29.5 Å². The number of unbranched alkanes of at least 4 members (excludes halogenated alkanes) is 1. The third kappa shape index (κ3) is 7.47. The first kappa shape index (κ1) is 22.9. The zero-order valence-electron chi connectivity index (χ0n) is 18.3. The van der Waals surface area contributed by atoms with E-state index in [-0.39, 0.29) is 18.4 Å². The van der Waals surface area contributed by atoms with Crippen molar-refractivity contribution in [1.29, 1.82) is 0 Å². The maximum atomic E-state index is 12.3. The van der Waals surface area contributed by atoms with Crippen LogP contribution < -0.4 is 20.7 Å². The molecule has 0 spiro atoms. The molecule has 2 amide bonds. The second-order valence-electron chi connectivity index (χ2n) is 7.39. The van der Waals surface area contributed by atoms with Crippen molar-refractivity contribution in [2.45, 2.75) is 26.4 Å². The van der Waals surface area contributed by atoms with Gasteiger partial charge in [0.2, 0.25) is 5.91 Å². The normalized spacial score (nSPS) is 10.3. The molecule has 0 aromatic heterocycles. The molecule has 0 fully saturated rings. The Hall–Kier alpha value is -3.80.